The van der Waals surface area contributed by atoms with Crippen LogP contribution in [0.1, 0.15) is 46.1 Å². The Morgan fingerprint density at radius 3 is 2.29 bits per heavy atom. The van der Waals surface area contributed by atoms with E-state index in [0.29, 0.717) is 6.61 Å². The Kier molecular flexibility index (Phi) is 5.75. The van der Waals surface area contributed by atoms with Gasteiger partial charge in [0.05, 0.1) is 24.2 Å². The molecule has 2 rings (SSSR count). The lowest BCUT2D eigenvalue weighted by Gasteiger charge is -2.32. The highest BCUT2D eigenvalue weighted by atomic mass is 32.2. The molecule has 0 aromatic heterocycles. The molecule has 0 saturated carbocycles. The molecule has 1 atom stereocenters. The van der Waals surface area contributed by atoms with Gasteiger partial charge in [-0.25, -0.2) is 0 Å². The lowest BCUT2D eigenvalue weighted by molar-refractivity contribution is -0.184. The first-order valence-electron chi connectivity index (χ1n) is 8.42. The molecule has 1 heterocycles. The second-order valence-electron chi connectivity index (χ2n) is 7.05. The maximum absolute atomic E-state index is 12.4. The van der Waals surface area contributed by atoms with Crippen LogP contribution >= 0.6 is 0 Å². The van der Waals surface area contributed by atoms with Crippen molar-refractivity contribution in [3.05, 3.63) is 29.8 Å². The van der Waals surface area contributed by atoms with Gasteiger partial charge < -0.3 is 9.47 Å². The summed E-state index contributed by atoms with van der Waals surface area (Å²) in [6.07, 6.45) is 1.32. The summed E-state index contributed by atoms with van der Waals surface area (Å²) in [6, 6.07) is 6.64. The summed E-state index contributed by atoms with van der Waals surface area (Å²) in [4.78, 5) is 0.170. The molecule has 0 unspecified atom stereocenters. The Hall–Kier alpha value is -0.950. The van der Waals surface area contributed by atoms with Crippen LogP contribution in [0.4, 0.5) is 0 Å². The van der Waals surface area contributed by atoms with Gasteiger partial charge >= 0.3 is 0 Å². The van der Waals surface area contributed by atoms with Crippen LogP contribution in [0.2, 0.25) is 0 Å². The van der Waals surface area contributed by atoms with Crippen LogP contribution in [0.5, 0.6) is 0 Å². The van der Waals surface area contributed by atoms with Crippen LogP contribution in [0.25, 0.3) is 0 Å². The Morgan fingerprint density at radius 2 is 1.79 bits per heavy atom. The van der Waals surface area contributed by atoms with Crippen LogP contribution in [0.15, 0.2) is 29.2 Å². The zero-order chi connectivity index (χ0) is 18.0. The first-order chi connectivity index (χ1) is 11.1. The van der Waals surface area contributed by atoms with Crippen LogP contribution in [-0.4, -0.2) is 33.5 Å². The number of ether oxygens (including phenoxy) is 2. The van der Waals surface area contributed by atoms with Crippen LogP contribution < -0.4 is 0 Å². The molecule has 24 heavy (non-hydrogen) atoms. The molecule has 1 aromatic rings. The van der Waals surface area contributed by atoms with Crippen molar-refractivity contribution in [2.24, 2.45) is 5.41 Å². The quantitative estimate of drug-likeness (QED) is 0.698. The van der Waals surface area contributed by atoms with Gasteiger partial charge in [-0.05, 0) is 31.9 Å². The SMILES string of the molecule is CCC1(CC)OC[C@H](C(C)(C)COS(=O)(=O)c2ccc(C)cc2)O1. The molecule has 0 N–H and O–H groups in total. The van der Waals surface area contributed by atoms with E-state index in [0.717, 1.165) is 18.4 Å². The van der Waals surface area contributed by atoms with E-state index in [1.807, 2.05) is 34.6 Å². The van der Waals surface area contributed by atoms with E-state index in [2.05, 4.69) is 0 Å². The van der Waals surface area contributed by atoms with Gasteiger partial charge in [0.2, 0.25) is 0 Å². The van der Waals surface area contributed by atoms with Crippen molar-refractivity contribution >= 4 is 10.1 Å². The van der Waals surface area contributed by atoms with Crippen molar-refractivity contribution in [3.8, 4) is 0 Å². The molecule has 1 saturated heterocycles. The first-order valence-corrected chi connectivity index (χ1v) is 9.83. The molecule has 1 fully saturated rings. The molecule has 0 radical (unpaired) electrons. The van der Waals surface area contributed by atoms with E-state index in [4.69, 9.17) is 13.7 Å². The van der Waals surface area contributed by atoms with E-state index >= 15 is 0 Å². The molecule has 5 nitrogen and oxygen atoms in total. The van der Waals surface area contributed by atoms with Gasteiger partial charge in [0.15, 0.2) is 5.79 Å². The second kappa shape index (κ2) is 7.12. The van der Waals surface area contributed by atoms with Crippen LogP contribution in [-0.2, 0) is 23.8 Å². The standard InChI is InChI=1S/C18H28O5S/c1-6-18(7-2)21-12-16(23-18)17(4,5)13-22-24(19,20)15-10-8-14(3)9-11-15/h8-11,16H,6-7,12-13H2,1-5H3/t16-/m1/s1. The zero-order valence-electron chi connectivity index (χ0n) is 15.2. The Balaban J connectivity index is 2.03. The summed E-state index contributed by atoms with van der Waals surface area (Å²) in [5.41, 5.74) is 0.519. The fourth-order valence-electron chi connectivity index (χ4n) is 2.66. The number of hydrogen-bond acceptors (Lipinski definition) is 5. The first kappa shape index (κ1) is 19.4. The van der Waals surface area contributed by atoms with Crippen LogP contribution in [0.3, 0.4) is 0 Å². The Bertz CT molecular complexity index is 644. The summed E-state index contributed by atoms with van der Waals surface area (Å²) in [7, 11) is -3.78. The lowest BCUT2D eigenvalue weighted by Crippen LogP contribution is -2.38. The van der Waals surface area contributed by atoms with Gasteiger partial charge in [0.25, 0.3) is 10.1 Å². The van der Waals surface area contributed by atoms with Crippen molar-refractivity contribution in [3.63, 3.8) is 0 Å². The smallest absolute Gasteiger partial charge is 0.296 e. The highest BCUT2D eigenvalue weighted by Crippen LogP contribution is 2.38. The second-order valence-corrected chi connectivity index (χ2v) is 8.67. The number of rotatable bonds is 7. The summed E-state index contributed by atoms with van der Waals surface area (Å²) < 4.78 is 41.9. The van der Waals surface area contributed by atoms with Crippen molar-refractivity contribution in [1.29, 1.82) is 0 Å². The molecule has 136 valence electrons. The predicted octanol–water partition coefficient (Wildman–Crippen LogP) is 3.66. The minimum Gasteiger partial charge on any atom is -0.347 e. The summed E-state index contributed by atoms with van der Waals surface area (Å²) in [5.74, 6) is -0.558. The third kappa shape index (κ3) is 4.17. The molecule has 1 aromatic carbocycles. The normalized spacial score (nSPS) is 21.1. The third-order valence-electron chi connectivity index (χ3n) is 4.70. The summed E-state index contributed by atoms with van der Waals surface area (Å²) >= 11 is 0. The van der Waals surface area contributed by atoms with E-state index in [9.17, 15) is 8.42 Å². The molecule has 0 spiro atoms. The maximum Gasteiger partial charge on any atom is 0.296 e. The Morgan fingerprint density at radius 1 is 1.21 bits per heavy atom. The minimum atomic E-state index is -3.78. The van der Waals surface area contributed by atoms with E-state index in [1.54, 1.807) is 24.3 Å². The van der Waals surface area contributed by atoms with E-state index in [-0.39, 0.29) is 17.6 Å². The average molecular weight is 356 g/mol. The molecular weight excluding hydrogens is 328 g/mol. The average Bonchev–Trinajstić information content (AvgIpc) is 3.00. The fraction of sp³-hybridized carbons (Fsp3) is 0.667. The minimum absolute atomic E-state index is 0.0424. The maximum atomic E-state index is 12.4. The third-order valence-corrected chi connectivity index (χ3v) is 5.98. The monoisotopic (exact) mass is 356 g/mol. The summed E-state index contributed by atoms with van der Waals surface area (Å²) in [6.45, 7) is 10.3. The van der Waals surface area contributed by atoms with Gasteiger partial charge in [-0.1, -0.05) is 45.4 Å². The van der Waals surface area contributed by atoms with Gasteiger partial charge in [0.1, 0.15) is 0 Å². The van der Waals surface area contributed by atoms with Crippen molar-refractivity contribution in [2.75, 3.05) is 13.2 Å². The van der Waals surface area contributed by atoms with Gasteiger partial charge in [0, 0.05) is 5.41 Å². The van der Waals surface area contributed by atoms with Crippen molar-refractivity contribution in [1.82, 2.24) is 0 Å². The molecule has 1 aliphatic rings. The van der Waals surface area contributed by atoms with E-state index < -0.39 is 21.3 Å². The van der Waals surface area contributed by atoms with Crippen molar-refractivity contribution < 1.29 is 22.1 Å². The molecule has 0 aliphatic carbocycles. The predicted molar refractivity (Wildman–Crippen MR) is 92.2 cm³/mol. The largest absolute Gasteiger partial charge is 0.347 e. The molecule has 0 amide bonds. The van der Waals surface area contributed by atoms with Gasteiger partial charge in [-0.15, -0.1) is 0 Å². The van der Waals surface area contributed by atoms with Gasteiger partial charge in [-0.3, -0.25) is 4.18 Å². The zero-order valence-corrected chi connectivity index (χ0v) is 16.0. The van der Waals surface area contributed by atoms with Gasteiger partial charge in [-0.2, -0.15) is 8.42 Å². The molecular formula is C18H28O5S. The fourth-order valence-corrected chi connectivity index (χ4v) is 3.72. The number of aryl methyl sites for hydroxylation is 1. The number of hydrogen-bond donors (Lipinski definition) is 0. The molecule has 0 bridgehead atoms. The topological polar surface area (TPSA) is 61.8 Å². The Labute approximate surface area is 145 Å². The highest BCUT2D eigenvalue weighted by Gasteiger charge is 2.45. The molecule has 1 aliphatic heterocycles. The van der Waals surface area contributed by atoms with Crippen LogP contribution in [0, 0.1) is 12.3 Å². The van der Waals surface area contributed by atoms with Crippen molar-refractivity contribution in [2.45, 2.75) is 64.2 Å². The lowest BCUT2D eigenvalue weighted by atomic mass is 9.88. The summed E-state index contributed by atoms with van der Waals surface area (Å²) in [5, 5.41) is 0. The number of benzene rings is 1. The molecule has 6 heteroatoms. The highest BCUT2D eigenvalue weighted by molar-refractivity contribution is 7.86. The van der Waals surface area contributed by atoms with E-state index in [1.165, 1.54) is 0 Å².